The number of carbonyl (C=O) groups excluding carboxylic acids is 1. The van der Waals surface area contributed by atoms with Gasteiger partial charge in [-0.2, -0.15) is 5.10 Å². The zero-order chi connectivity index (χ0) is 14.0. The fourth-order valence-electron chi connectivity index (χ4n) is 1.69. The van der Waals surface area contributed by atoms with Crippen LogP contribution in [-0.2, 0) is 16.1 Å². The van der Waals surface area contributed by atoms with Gasteiger partial charge in [-0.15, -0.1) is 0 Å². The molecule has 1 N–H and O–H groups in total. The lowest BCUT2D eigenvalue weighted by Crippen LogP contribution is -2.34. The van der Waals surface area contributed by atoms with Crippen molar-refractivity contribution in [2.45, 2.75) is 19.4 Å². The second-order valence-corrected chi connectivity index (χ2v) is 4.04. The van der Waals surface area contributed by atoms with Crippen LogP contribution >= 0.6 is 0 Å². The molecular formula is C12H10F2N2O3. The summed E-state index contributed by atoms with van der Waals surface area (Å²) in [4.78, 5) is 22.4. The van der Waals surface area contributed by atoms with Crippen molar-refractivity contribution >= 4 is 17.6 Å². The molecular weight excluding hydrogens is 258 g/mol. The lowest BCUT2D eigenvalue weighted by atomic mass is 10.1. The summed E-state index contributed by atoms with van der Waals surface area (Å²) in [5.74, 6) is -3.13. The Labute approximate surface area is 107 Å². The van der Waals surface area contributed by atoms with Gasteiger partial charge in [-0.05, 0) is 6.07 Å². The van der Waals surface area contributed by atoms with Gasteiger partial charge in [-0.25, -0.2) is 18.6 Å². The summed E-state index contributed by atoms with van der Waals surface area (Å²) in [7, 11) is 0. The summed E-state index contributed by atoms with van der Waals surface area (Å²) in [6, 6.07) is 2.96. The van der Waals surface area contributed by atoms with Crippen LogP contribution in [0.25, 0.3) is 0 Å². The van der Waals surface area contributed by atoms with Gasteiger partial charge in [0.2, 0.25) is 5.91 Å². The normalized spacial score (nSPS) is 15.4. The van der Waals surface area contributed by atoms with E-state index < -0.39 is 23.5 Å². The number of benzene rings is 1. The second-order valence-electron chi connectivity index (χ2n) is 4.04. The predicted molar refractivity (Wildman–Crippen MR) is 61.2 cm³/mol. The molecule has 0 atom stereocenters. The number of hydrogen-bond donors (Lipinski definition) is 1. The van der Waals surface area contributed by atoms with E-state index in [1.807, 2.05) is 0 Å². The van der Waals surface area contributed by atoms with Crippen LogP contribution in [-0.4, -0.2) is 27.7 Å². The SMILES string of the molecule is O=C(O)C1=NN(Cc2ccc(F)cc2F)C(=O)CC1. The molecule has 1 aromatic carbocycles. The average Bonchev–Trinajstić information content (AvgIpc) is 2.34. The molecule has 0 bridgehead atoms. The number of halogens is 2. The fourth-order valence-corrected chi connectivity index (χ4v) is 1.69. The number of carboxylic acids is 1. The first-order chi connectivity index (χ1) is 8.97. The van der Waals surface area contributed by atoms with E-state index in [-0.39, 0.29) is 30.7 Å². The molecule has 0 saturated carbocycles. The van der Waals surface area contributed by atoms with Crippen molar-refractivity contribution in [3.8, 4) is 0 Å². The first-order valence-electron chi connectivity index (χ1n) is 5.52. The maximum Gasteiger partial charge on any atom is 0.352 e. The summed E-state index contributed by atoms with van der Waals surface area (Å²) in [5, 5.41) is 13.4. The third-order valence-electron chi connectivity index (χ3n) is 2.69. The Balaban J connectivity index is 2.23. The van der Waals surface area contributed by atoms with Crippen molar-refractivity contribution in [1.29, 1.82) is 0 Å². The Kier molecular flexibility index (Phi) is 3.55. The molecule has 5 nitrogen and oxygen atoms in total. The number of hydrogen-bond acceptors (Lipinski definition) is 3. The Morgan fingerprint density at radius 1 is 1.37 bits per heavy atom. The van der Waals surface area contributed by atoms with Crippen LogP contribution < -0.4 is 0 Å². The number of rotatable bonds is 3. The third-order valence-corrected chi connectivity index (χ3v) is 2.69. The zero-order valence-corrected chi connectivity index (χ0v) is 9.77. The second kappa shape index (κ2) is 5.13. The van der Waals surface area contributed by atoms with Crippen molar-refractivity contribution in [1.82, 2.24) is 5.01 Å². The third kappa shape index (κ3) is 2.93. The first-order valence-corrected chi connectivity index (χ1v) is 5.52. The molecule has 0 aromatic heterocycles. The van der Waals surface area contributed by atoms with Gasteiger partial charge in [0.05, 0.1) is 6.54 Å². The van der Waals surface area contributed by atoms with E-state index in [2.05, 4.69) is 5.10 Å². The Bertz CT molecular complexity index is 572. The predicted octanol–water partition coefficient (Wildman–Crippen LogP) is 1.53. The number of hydrazone groups is 1. The van der Waals surface area contributed by atoms with E-state index in [4.69, 9.17) is 5.11 Å². The molecule has 0 radical (unpaired) electrons. The van der Waals surface area contributed by atoms with Gasteiger partial charge in [-0.3, -0.25) is 4.79 Å². The molecule has 0 spiro atoms. The van der Waals surface area contributed by atoms with Crippen LogP contribution in [0.3, 0.4) is 0 Å². The van der Waals surface area contributed by atoms with E-state index in [1.165, 1.54) is 6.07 Å². The summed E-state index contributed by atoms with van der Waals surface area (Å²) in [6.07, 6.45) is 0.0600. The molecule has 1 aromatic rings. The average molecular weight is 268 g/mol. The number of aliphatic carboxylic acids is 1. The van der Waals surface area contributed by atoms with Gasteiger partial charge in [0.1, 0.15) is 17.3 Å². The molecule has 7 heteroatoms. The highest BCUT2D eigenvalue weighted by atomic mass is 19.1. The van der Waals surface area contributed by atoms with Gasteiger partial charge < -0.3 is 5.11 Å². The van der Waals surface area contributed by atoms with Crippen molar-refractivity contribution in [2.24, 2.45) is 5.10 Å². The molecule has 0 unspecified atom stereocenters. The van der Waals surface area contributed by atoms with E-state index in [0.717, 1.165) is 11.1 Å². The molecule has 1 amide bonds. The summed E-state index contributed by atoms with van der Waals surface area (Å²) in [6.45, 7) is -0.221. The van der Waals surface area contributed by atoms with Crippen LogP contribution in [0.5, 0.6) is 0 Å². The number of carboxylic acid groups (broad SMARTS) is 1. The minimum absolute atomic E-state index is 0.00788. The number of carbonyl (C=O) groups is 2. The van der Waals surface area contributed by atoms with Gasteiger partial charge in [0, 0.05) is 24.5 Å². The van der Waals surface area contributed by atoms with E-state index in [1.54, 1.807) is 0 Å². The summed E-state index contributed by atoms with van der Waals surface area (Å²) in [5.41, 5.74) is -0.0766. The highest BCUT2D eigenvalue weighted by Crippen LogP contribution is 2.16. The number of amides is 1. The monoisotopic (exact) mass is 268 g/mol. The first kappa shape index (κ1) is 13.1. The van der Waals surface area contributed by atoms with Crippen LogP contribution in [0.15, 0.2) is 23.3 Å². The fraction of sp³-hybridized carbons (Fsp3) is 0.250. The largest absolute Gasteiger partial charge is 0.477 e. The highest BCUT2D eigenvalue weighted by Gasteiger charge is 2.24. The lowest BCUT2D eigenvalue weighted by Gasteiger charge is -2.22. The van der Waals surface area contributed by atoms with Crippen molar-refractivity contribution in [2.75, 3.05) is 0 Å². The molecule has 0 aliphatic carbocycles. The molecule has 1 heterocycles. The quantitative estimate of drug-likeness (QED) is 0.903. The van der Waals surface area contributed by atoms with Crippen LogP contribution in [0.4, 0.5) is 8.78 Å². The zero-order valence-electron chi connectivity index (χ0n) is 9.77. The Morgan fingerprint density at radius 2 is 2.11 bits per heavy atom. The topological polar surface area (TPSA) is 70.0 Å². The number of nitrogens with zero attached hydrogens (tertiary/aromatic N) is 2. The molecule has 1 aliphatic rings. The standard InChI is InChI=1S/C12H10F2N2O3/c13-8-2-1-7(9(14)5-8)6-16-11(17)4-3-10(15-16)12(18)19/h1-2,5H,3-4,6H2,(H,18,19). The molecule has 0 saturated heterocycles. The molecule has 0 fully saturated rings. The van der Waals surface area contributed by atoms with E-state index >= 15 is 0 Å². The molecule has 1 aliphatic heterocycles. The lowest BCUT2D eigenvalue weighted by molar-refractivity contribution is -0.133. The van der Waals surface area contributed by atoms with Gasteiger partial charge in [0.15, 0.2) is 0 Å². The van der Waals surface area contributed by atoms with Gasteiger partial charge in [-0.1, -0.05) is 6.07 Å². The summed E-state index contributed by atoms with van der Waals surface area (Å²) >= 11 is 0. The van der Waals surface area contributed by atoms with Gasteiger partial charge >= 0.3 is 5.97 Å². The van der Waals surface area contributed by atoms with Crippen LogP contribution in [0.1, 0.15) is 18.4 Å². The minimum Gasteiger partial charge on any atom is -0.477 e. The molecule has 100 valence electrons. The Hall–Kier alpha value is -2.31. The smallest absolute Gasteiger partial charge is 0.352 e. The minimum atomic E-state index is -1.21. The molecule has 2 rings (SSSR count). The van der Waals surface area contributed by atoms with E-state index in [9.17, 15) is 18.4 Å². The maximum atomic E-state index is 13.4. The summed E-state index contributed by atoms with van der Waals surface area (Å²) < 4.78 is 26.2. The van der Waals surface area contributed by atoms with Crippen LogP contribution in [0.2, 0.25) is 0 Å². The van der Waals surface area contributed by atoms with Crippen LogP contribution in [0, 0.1) is 11.6 Å². The maximum absolute atomic E-state index is 13.4. The van der Waals surface area contributed by atoms with Crippen molar-refractivity contribution in [3.63, 3.8) is 0 Å². The van der Waals surface area contributed by atoms with Crippen molar-refractivity contribution < 1.29 is 23.5 Å². The highest BCUT2D eigenvalue weighted by molar-refractivity contribution is 6.36. The van der Waals surface area contributed by atoms with E-state index in [0.29, 0.717) is 6.07 Å². The van der Waals surface area contributed by atoms with Crippen molar-refractivity contribution in [3.05, 3.63) is 35.4 Å². The Morgan fingerprint density at radius 3 is 2.74 bits per heavy atom. The van der Waals surface area contributed by atoms with Gasteiger partial charge in [0.25, 0.3) is 0 Å². The molecule has 19 heavy (non-hydrogen) atoms.